The van der Waals surface area contributed by atoms with Gasteiger partial charge in [-0.2, -0.15) is 0 Å². The first kappa shape index (κ1) is 7.98. The van der Waals surface area contributed by atoms with Crippen molar-refractivity contribution >= 4 is 5.71 Å². The Morgan fingerprint density at radius 1 is 1.14 bits per heavy atom. The number of rotatable bonds is 0. The molecule has 1 aliphatic heterocycles. The molecule has 0 saturated carbocycles. The summed E-state index contributed by atoms with van der Waals surface area (Å²) in [7, 11) is 0. The predicted molar refractivity (Wildman–Crippen MR) is 58.9 cm³/mol. The zero-order valence-corrected chi connectivity index (χ0v) is 8.16. The summed E-state index contributed by atoms with van der Waals surface area (Å²) in [5.41, 5.74) is 5.52. The van der Waals surface area contributed by atoms with Crippen LogP contribution in [0.2, 0.25) is 0 Å². The fraction of sp³-hybridized carbons (Fsp3) is 0.308. The zero-order valence-electron chi connectivity index (χ0n) is 8.16. The highest BCUT2D eigenvalue weighted by molar-refractivity contribution is 6.14. The second kappa shape index (κ2) is 3.09. The van der Waals surface area contributed by atoms with Crippen molar-refractivity contribution in [3.63, 3.8) is 0 Å². The highest BCUT2D eigenvalue weighted by Gasteiger charge is 2.19. The molecule has 70 valence electrons. The van der Waals surface area contributed by atoms with E-state index in [0.717, 1.165) is 13.0 Å². The van der Waals surface area contributed by atoms with Gasteiger partial charge in [-0.05, 0) is 30.4 Å². The van der Waals surface area contributed by atoms with Gasteiger partial charge < -0.3 is 0 Å². The molecule has 0 aromatic heterocycles. The quantitative estimate of drug-likeness (QED) is 0.586. The molecule has 3 rings (SSSR count). The van der Waals surface area contributed by atoms with Crippen LogP contribution in [0.3, 0.4) is 0 Å². The van der Waals surface area contributed by atoms with Crippen LogP contribution in [-0.4, -0.2) is 12.3 Å². The van der Waals surface area contributed by atoms with Crippen molar-refractivity contribution in [2.24, 2.45) is 4.99 Å². The van der Waals surface area contributed by atoms with E-state index >= 15 is 0 Å². The summed E-state index contributed by atoms with van der Waals surface area (Å²) in [6.07, 6.45) is 5.87. The van der Waals surface area contributed by atoms with Gasteiger partial charge in [0.15, 0.2) is 0 Å². The standard InChI is InChI=1S/C13H13N/c1-2-6-12-10(4-1)7-8-11-5-3-9-14-13(11)12/h1-2,4,6,8H,3,5,7,9H2. The number of hydrogen-bond acceptors (Lipinski definition) is 1. The highest BCUT2D eigenvalue weighted by Crippen LogP contribution is 2.26. The number of benzene rings is 1. The molecule has 1 heterocycles. The van der Waals surface area contributed by atoms with Crippen LogP contribution in [0, 0.1) is 0 Å². The molecule has 0 bridgehead atoms. The van der Waals surface area contributed by atoms with E-state index < -0.39 is 0 Å². The smallest absolute Gasteiger partial charge is 0.0678 e. The Bertz CT molecular complexity index is 427. The molecule has 0 radical (unpaired) electrons. The summed E-state index contributed by atoms with van der Waals surface area (Å²) in [6, 6.07) is 8.63. The van der Waals surface area contributed by atoms with Gasteiger partial charge in [0.2, 0.25) is 0 Å². The molecule has 1 nitrogen and oxygen atoms in total. The summed E-state index contributed by atoms with van der Waals surface area (Å²) in [5.74, 6) is 0. The normalized spacial score (nSPS) is 19.1. The molecule has 14 heavy (non-hydrogen) atoms. The second-order valence-corrected chi connectivity index (χ2v) is 3.92. The Hall–Kier alpha value is -1.37. The van der Waals surface area contributed by atoms with Gasteiger partial charge in [-0.3, -0.25) is 4.99 Å². The molecule has 1 heteroatoms. The van der Waals surface area contributed by atoms with Gasteiger partial charge >= 0.3 is 0 Å². The first-order valence-corrected chi connectivity index (χ1v) is 5.27. The van der Waals surface area contributed by atoms with Crippen molar-refractivity contribution < 1.29 is 0 Å². The number of nitrogens with zero attached hydrogens (tertiary/aromatic N) is 1. The molecule has 0 N–H and O–H groups in total. The van der Waals surface area contributed by atoms with E-state index in [9.17, 15) is 0 Å². The van der Waals surface area contributed by atoms with E-state index in [2.05, 4.69) is 35.3 Å². The lowest BCUT2D eigenvalue weighted by Gasteiger charge is -2.22. The molecule has 2 aliphatic rings. The Kier molecular flexibility index (Phi) is 1.76. The van der Waals surface area contributed by atoms with Gasteiger partial charge in [0.05, 0.1) is 5.71 Å². The van der Waals surface area contributed by atoms with Gasteiger partial charge in [0, 0.05) is 12.1 Å². The zero-order chi connectivity index (χ0) is 9.38. The van der Waals surface area contributed by atoms with Crippen LogP contribution < -0.4 is 0 Å². The number of aliphatic imine (C=N–C) groups is 1. The van der Waals surface area contributed by atoms with Crippen LogP contribution in [0.4, 0.5) is 0 Å². The van der Waals surface area contributed by atoms with Crippen molar-refractivity contribution in [3.05, 3.63) is 47.0 Å². The van der Waals surface area contributed by atoms with Crippen LogP contribution in [0.5, 0.6) is 0 Å². The monoisotopic (exact) mass is 183 g/mol. The summed E-state index contributed by atoms with van der Waals surface area (Å²) >= 11 is 0. The van der Waals surface area contributed by atoms with Crippen molar-refractivity contribution in [1.29, 1.82) is 0 Å². The minimum atomic E-state index is 1.00. The van der Waals surface area contributed by atoms with E-state index in [1.165, 1.54) is 35.3 Å². The molecule has 0 saturated heterocycles. The Morgan fingerprint density at radius 2 is 2.07 bits per heavy atom. The summed E-state index contributed by atoms with van der Waals surface area (Å²) < 4.78 is 0. The predicted octanol–water partition coefficient (Wildman–Crippen LogP) is 2.75. The lowest BCUT2D eigenvalue weighted by atomic mass is 9.86. The van der Waals surface area contributed by atoms with E-state index in [1.807, 2.05) is 0 Å². The van der Waals surface area contributed by atoms with Crippen LogP contribution in [0.25, 0.3) is 0 Å². The molecule has 0 spiro atoms. The van der Waals surface area contributed by atoms with Gasteiger partial charge in [-0.1, -0.05) is 30.3 Å². The summed E-state index contributed by atoms with van der Waals surface area (Å²) in [5, 5.41) is 0. The maximum absolute atomic E-state index is 4.64. The fourth-order valence-corrected chi connectivity index (χ4v) is 2.30. The minimum absolute atomic E-state index is 1.00. The summed E-state index contributed by atoms with van der Waals surface area (Å²) in [4.78, 5) is 4.64. The third-order valence-electron chi connectivity index (χ3n) is 3.02. The molecule has 0 amide bonds. The lowest BCUT2D eigenvalue weighted by molar-refractivity contribution is 0.808. The van der Waals surface area contributed by atoms with Crippen molar-refractivity contribution in [1.82, 2.24) is 0 Å². The minimum Gasteiger partial charge on any atom is -0.284 e. The molecular weight excluding hydrogens is 170 g/mol. The third kappa shape index (κ3) is 1.12. The average molecular weight is 183 g/mol. The fourth-order valence-electron chi connectivity index (χ4n) is 2.30. The molecule has 0 atom stereocenters. The van der Waals surface area contributed by atoms with Crippen molar-refractivity contribution in [3.8, 4) is 0 Å². The summed E-state index contributed by atoms with van der Waals surface area (Å²) in [6.45, 7) is 1.00. The molecule has 1 aromatic carbocycles. The topological polar surface area (TPSA) is 12.4 Å². The van der Waals surface area contributed by atoms with Crippen LogP contribution in [-0.2, 0) is 6.42 Å². The van der Waals surface area contributed by atoms with Crippen molar-refractivity contribution in [2.45, 2.75) is 19.3 Å². The van der Waals surface area contributed by atoms with Gasteiger partial charge in [-0.25, -0.2) is 0 Å². The van der Waals surface area contributed by atoms with Crippen molar-refractivity contribution in [2.75, 3.05) is 6.54 Å². The lowest BCUT2D eigenvalue weighted by Crippen LogP contribution is -2.17. The largest absolute Gasteiger partial charge is 0.284 e. The van der Waals surface area contributed by atoms with Crippen LogP contribution in [0.15, 0.2) is 40.9 Å². The highest BCUT2D eigenvalue weighted by atomic mass is 14.8. The van der Waals surface area contributed by atoms with Crippen LogP contribution in [0.1, 0.15) is 24.0 Å². The van der Waals surface area contributed by atoms with E-state index in [4.69, 9.17) is 0 Å². The van der Waals surface area contributed by atoms with Gasteiger partial charge in [0.25, 0.3) is 0 Å². The Labute approximate surface area is 84.2 Å². The third-order valence-corrected chi connectivity index (χ3v) is 3.02. The first-order chi connectivity index (χ1) is 6.95. The van der Waals surface area contributed by atoms with Gasteiger partial charge in [0.1, 0.15) is 0 Å². The maximum atomic E-state index is 4.64. The van der Waals surface area contributed by atoms with E-state index in [1.54, 1.807) is 0 Å². The maximum Gasteiger partial charge on any atom is 0.0678 e. The average Bonchev–Trinajstić information content (AvgIpc) is 2.29. The number of fused-ring (bicyclic) bond motifs is 3. The van der Waals surface area contributed by atoms with E-state index in [-0.39, 0.29) is 0 Å². The SMILES string of the molecule is C1=C2CCCN=C2c2ccccc2C1. The molecule has 0 fully saturated rings. The second-order valence-electron chi connectivity index (χ2n) is 3.92. The van der Waals surface area contributed by atoms with E-state index in [0.29, 0.717) is 0 Å². The Morgan fingerprint density at radius 3 is 3.07 bits per heavy atom. The molecule has 0 unspecified atom stereocenters. The number of hydrogen-bond donors (Lipinski definition) is 0. The molecule has 1 aromatic rings. The molecule has 1 aliphatic carbocycles. The van der Waals surface area contributed by atoms with Crippen LogP contribution >= 0.6 is 0 Å². The first-order valence-electron chi connectivity index (χ1n) is 5.27. The van der Waals surface area contributed by atoms with Gasteiger partial charge in [-0.15, -0.1) is 0 Å². The molecular formula is C13H13N. The number of allylic oxidation sites excluding steroid dienone is 2. The Balaban J connectivity index is 2.17.